The number of fused-ring (bicyclic) bond motifs is 1. The first-order valence-corrected chi connectivity index (χ1v) is 26.0. The van der Waals surface area contributed by atoms with E-state index in [0.717, 1.165) is 0 Å². The van der Waals surface area contributed by atoms with Crippen LogP contribution >= 0.6 is 0 Å². The minimum Gasteiger partial charge on any atom is -0.487 e. The molecule has 17 unspecified atom stereocenters. The molecule has 4 fully saturated rings. The van der Waals surface area contributed by atoms with Gasteiger partial charge in [-0.3, -0.25) is 20.3 Å². The van der Waals surface area contributed by atoms with Crippen LogP contribution in [0, 0.1) is 10.8 Å². The summed E-state index contributed by atoms with van der Waals surface area (Å²) in [5.41, 5.74) is 7.66. The number of amides is 2. The molecule has 0 aromatic heterocycles. The second-order valence-corrected chi connectivity index (χ2v) is 21.7. The lowest BCUT2D eigenvalue weighted by atomic mass is 9.61. The highest BCUT2D eigenvalue weighted by molar-refractivity contribution is 5.82. The number of rotatable bonds is 25. The first-order valence-electron chi connectivity index (χ1n) is 26.0. The molecule has 4 aliphatic heterocycles. The first kappa shape index (κ1) is 60.8. The molecule has 2 amide bonds. The molecular weight excluding hydrogens is 923 g/mol. The smallest absolute Gasteiger partial charge is 0.237 e. The Morgan fingerprint density at radius 1 is 0.803 bits per heavy atom. The van der Waals surface area contributed by atoms with Crippen molar-refractivity contribution in [1.29, 1.82) is 5.41 Å². The summed E-state index contributed by atoms with van der Waals surface area (Å²) in [6.45, 7) is 22.9. The van der Waals surface area contributed by atoms with E-state index < -0.39 is 151 Å². The summed E-state index contributed by atoms with van der Waals surface area (Å²) in [5.74, 6) is -1.18. The zero-order chi connectivity index (χ0) is 53.6. The van der Waals surface area contributed by atoms with E-state index in [1.54, 1.807) is 6.92 Å². The molecule has 0 spiro atoms. The van der Waals surface area contributed by atoms with Gasteiger partial charge in [0, 0.05) is 19.0 Å². The molecule has 21 heteroatoms. The van der Waals surface area contributed by atoms with Crippen LogP contribution in [0.2, 0.25) is 0 Å². The number of guanidine groups is 1. The fourth-order valence-corrected chi connectivity index (χ4v) is 11.0. The fraction of sp³-hybridized carbons (Fsp3) is 0.900. The number of ether oxygens (including phenoxy) is 6. The summed E-state index contributed by atoms with van der Waals surface area (Å²) in [4.78, 5) is 26.8. The molecule has 4 heterocycles. The van der Waals surface area contributed by atoms with Gasteiger partial charge in [0.05, 0.1) is 72.5 Å². The Kier molecular flexibility index (Phi) is 21.2. The molecule has 4 rings (SSSR count). The molecule has 412 valence electrons. The lowest BCUT2D eigenvalue weighted by molar-refractivity contribution is -0.320. The van der Waals surface area contributed by atoms with E-state index in [-0.39, 0.29) is 37.5 Å². The summed E-state index contributed by atoms with van der Waals surface area (Å²) >= 11 is 0. The Hall–Kier alpha value is -2.77. The van der Waals surface area contributed by atoms with Gasteiger partial charge >= 0.3 is 0 Å². The van der Waals surface area contributed by atoms with Gasteiger partial charge in [0.2, 0.25) is 11.8 Å². The topological polar surface area (TPSA) is 335 Å². The maximum absolute atomic E-state index is 14.2. The van der Waals surface area contributed by atoms with Crippen LogP contribution in [0.5, 0.6) is 0 Å². The molecule has 18 atom stereocenters. The molecule has 15 N–H and O–H groups in total. The van der Waals surface area contributed by atoms with Crippen LogP contribution in [0.3, 0.4) is 0 Å². The maximum Gasteiger partial charge on any atom is 0.237 e. The maximum atomic E-state index is 14.2. The van der Waals surface area contributed by atoms with E-state index in [0.29, 0.717) is 37.7 Å². The normalized spacial score (nSPS) is 36.2. The van der Waals surface area contributed by atoms with Crippen LogP contribution in [0.4, 0.5) is 0 Å². The highest BCUT2D eigenvalue weighted by Gasteiger charge is 2.69. The number of aliphatic hydroxyl groups is 6. The second-order valence-electron chi connectivity index (χ2n) is 21.7. The van der Waals surface area contributed by atoms with Crippen LogP contribution < -0.4 is 32.7 Å². The van der Waals surface area contributed by atoms with Gasteiger partial charge in [-0.2, -0.15) is 0 Å². The van der Waals surface area contributed by atoms with Crippen LogP contribution in [0.15, 0.2) is 11.3 Å². The van der Waals surface area contributed by atoms with Crippen molar-refractivity contribution in [3.05, 3.63) is 11.3 Å². The monoisotopic (exact) mass is 1020 g/mol. The van der Waals surface area contributed by atoms with E-state index in [4.69, 9.17) is 45.3 Å². The SMILES string of the molecule is CC/C(=C1\OC(CO)C(OC(C)(CC)C2(CC)NC3C(O)C(OC(C)(C)CC)C(CO)OC32)C(O)C1NC(=O)[C@@H](N)CCCNC(=N)N)C(C)(CC)OC1C(CO)OC(C(C)(C)CC)C(NC(C)=O)C1O. The quantitative estimate of drug-likeness (QED) is 0.0336. The van der Waals surface area contributed by atoms with Crippen molar-refractivity contribution in [3.63, 3.8) is 0 Å². The Balaban J connectivity index is 1.81. The van der Waals surface area contributed by atoms with Gasteiger partial charge in [-0.05, 0) is 84.5 Å². The minimum atomic E-state index is -1.60. The van der Waals surface area contributed by atoms with Gasteiger partial charge in [-0.1, -0.05) is 55.4 Å². The van der Waals surface area contributed by atoms with Crippen molar-refractivity contribution in [2.45, 2.75) is 255 Å². The summed E-state index contributed by atoms with van der Waals surface area (Å²) in [7, 11) is 0. The molecule has 21 nitrogen and oxygen atoms in total. The van der Waals surface area contributed by atoms with Gasteiger partial charge in [0.25, 0.3) is 0 Å². The number of carbonyl (C=O) groups excluding carboxylic acids is 2. The third kappa shape index (κ3) is 12.7. The number of aliphatic hydroxyl groups excluding tert-OH is 6. The number of nitrogens with two attached hydrogens (primary N) is 2. The van der Waals surface area contributed by atoms with Gasteiger partial charge in [0.15, 0.2) is 5.96 Å². The number of hydrogen-bond acceptors (Lipinski definition) is 17. The molecule has 0 saturated carbocycles. The molecule has 71 heavy (non-hydrogen) atoms. The first-order chi connectivity index (χ1) is 33.2. The lowest BCUT2D eigenvalue weighted by Gasteiger charge is -2.67. The molecular formula is C50H93N7O14. The van der Waals surface area contributed by atoms with Gasteiger partial charge < -0.3 is 86.5 Å². The number of carbonyl (C=O) groups is 2. The predicted octanol–water partition coefficient (Wildman–Crippen LogP) is 0.462. The molecule has 0 aromatic rings. The van der Waals surface area contributed by atoms with Crippen LogP contribution in [-0.2, 0) is 38.0 Å². The Bertz CT molecular complexity index is 1810. The van der Waals surface area contributed by atoms with E-state index >= 15 is 0 Å². The molecule has 0 aliphatic carbocycles. The largest absolute Gasteiger partial charge is 0.487 e. The van der Waals surface area contributed by atoms with Crippen molar-refractivity contribution in [1.82, 2.24) is 21.3 Å². The van der Waals surface area contributed by atoms with Gasteiger partial charge in [0.1, 0.15) is 66.7 Å². The standard InChI is InChI=1S/C50H93N7O14/c1-14-27(48(12,17-4)70-40-31(25-60)67-42(46(8,9)15-2)33(36(40)63)55-26(7)61)38-32(56-44(65)28(51)21-20-22-54-45(52)53)35(62)41(29(23-58)66-38)71-49(13,18-5)50(19-6)43-34(57-50)37(64)39(30(24-59)68-43)69-47(10,11)16-3/h28-37,39-43,57-60,62-64H,14-25,51H2,1-13H3,(H,55,61)(H,56,65)(H4,52,53,54)/b38-27+/t28-,29?,30?,31?,32?,33?,34?,35?,36?,37?,39?,40?,41?,42?,43?,48?,49?,50?/m0/s1. The Labute approximate surface area is 421 Å². The van der Waals surface area contributed by atoms with Crippen molar-refractivity contribution >= 4 is 17.8 Å². The van der Waals surface area contributed by atoms with Gasteiger partial charge in [-0.25, -0.2) is 0 Å². The summed E-state index contributed by atoms with van der Waals surface area (Å²) in [6, 6.07) is -3.95. The summed E-state index contributed by atoms with van der Waals surface area (Å²) in [6.07, 6.45) is -8.81. The Morgan fingerprint density at radius 3 is 1.90 bits per heavy atom. The van der Waals surface area contributed by atoms with Gasteiger partial charge in [-0.15, -0.1) is 0 Å². The molecule has 0 radical (unpaired) electrons. The van der Waals surface area contributed by atoms with E-state index in [9.17, 15) is 40.2 Å². The fourth-order valence-electron chi connectivity index (χ4n) is 11.0. The van der Waals surface area contributed by atoms with E-state index in [1.165, 1.54) is 6.92 Å². The van der Waals surface area contributed by atoms with Crippen LogP contribution in [0.1, 0.15) is 141 Å². The number of hydrogen-bond donors (Lipinski definition) is 13. The van der Waals surface area contributed by atoms with E-state index in [1.807, 2.05) is 76.2 Å². The summed E-state index contributed by atoms with van der Waals surface area (Å²) in [5, 5.41) is 88.9. The molecule has 0 bridgehead atoms. The average molecular weight is 1020 g/mol. The predicted molar refractivity (Wildman–Crippen MR) is 266 cm³/mol. The van der Waals surface area contributed by atoms with Crippen molar-refractivity contribution in [2.75, 3.05) is 26.4 Å². The highest BCUT2D eigenvalue weighted by Crippen LogP contribution is 2.50. The molecule has 4 saturated heterocycles. The average Bonchev–Trinajstić information content (AvgIpc) is 3.32. The van der Waals surface area contributed by atoms with Crippen molar-refractivity contribution in [2.24, 2.45) is 16.9 Å². The van der Waals surface area contributed by atoms with Crippen molar-refractivity contribution in [3.8, 4) is 0 Å². The van der Waals surface area contributed by atoms with Crippen molar-refractivity contribution < 1.29 is 68.6 Å². The van der Waals surface area contributed by atoms with E-state index in [2.05, 4.69) is 21.3 Å². The lowest BCUT2D eigenvalue weighted by Crippen LogP contribution is -2.89. The molecule has 0 aromatic carbocycles. The minimum absolute atomic E-state index is 0.0769. The molecule has 4 aliphatic rings. The third-order valence-electron chi connectivity index (χ3n) is 16.4. The zero-order valence-electron chi connectivity index (χ0n) is 44.7. The zero-order valence-corrected chi connectivity index (χ0v) is 44.7. The third-order valence-corrected chi connectivity index (χ3v) is 16.4. The van der Waals surface area contributed by atoms with Crippen LogP contribution in [-0.4, -0.2) is 188 Å². The Morgan fingerprint density at radius 2 is 1.39 bits per heavy atom. The highest BCUT2D eigenvalue weighted by atomic mass is 16.6. The summed E-state index contributed by atoms with van der Waals surface area (Å²) < 4.78 is 40.3. The van der Waals surface area contributed by atoms with Crippen LogP contribution in [0.25, 0.3) is 0 Å². The second kappa shape index (κ2) is 24.7. The number of nitrogens with one attached hydrogen (secondary N) is 5.